The van der Waals surface area contributed by atoms with Gasteiger partial charge in [-0.25, -0.2) is 8.42 Å². The van der Waals surface area contributed by atoms with Crippen LogP contribution in [-0.4, -0.2) is 31.4 Å². The van der Waals surface area contributed by atoms with Crippen molar-refractivity contribution in [2.45, 2.75) is 25.1 Å². The van der Waals surface area contributed by atoms with Crippen molar-refractivity contribution >= 4 is 15.7 Å². The molecule has 1 N–H and O–H groups in total. The first-order valence-corrected chi connectivity index (χ1v) is 5.16. The second kappa shape index (κ2) is 2.48. The lowest BCUT2D eigenvalue weighted by Gasteiger charge is -2.26. The number of carbonyl (C=O) groups excluding carboxylic acids is 1. The van der Waals surface area contributed by atoms with Crippen LogP contribution in [0.4, 0.5) is 0 Å². The molecule has 0 spiro atoms. The van der Waals surface area contributed by atoms with Crippen LogP contribution < -0.4 is 5.32 Å². The average Bonchev–Trinajstić information content (AvgIpc) is 1.81. The summed E-state index contributed by atoms with van der Waals surface area (Å²) in [4.78, 5) is 10.7. The summed E-state index contributed by atoms with van der Waals surface area (Å²) in [6.07, 6.45) is 0. The minimum absolute atomic E-state index is 0.263. The maximum atomic E-state index is 11.1. The highest BCUT2D eigenvalue weighted by molar-refractivity contribution is 7.92. The second-order valence-electron chi connectivity index (χ2n) is 2.87. The fraction of sp³-hybridized carbons (Fsp3) is 0.833. The smallest absolute Gasteiger partial charge is 0.235 e. The van der Waals surface area contributed by atoms with E-state index in [9.17, 15) is 13.2 Å². The van der Waals surface area contributed by atoms with Gasteiger partial charge in [0.25, 0.3) is 0 Å². The van der Waals surface area contributed by atoms with Crippen LogP contribution in [0.25, 0.3) is 0 Å². The summed E-state index contributed by atoms with van der Waals surface area (Å²) in [5.41, 5.74) is 0. The van der Waals surface area contributed by atoms with Gasteiger partial charge in [-0.1, -0.05) is 0 Å². The molecule has 2 atom stereocenters. The Hall–Kier alpha value is -0.580. The summed E-state index contributed by atoms with van der Waals surface area (Å²) in [5.74, 6) is -0.756. The van der Waals surface area contributed by atoms with Crippen LogP contribution in [0.15, 0.2) is 0 Å². The molecule has 1 amide bonds. The normalized spacial score (nSPS) is 36.4. The second-order valence-corrected chi connectivity index (χ2v) is 5.23. The fourth-order valence-corrected chi connectivity index (χ4v) is 2.44. The van der Waals surface area contributed by atoms with Crippen LogP contribution in [0.3, 0.4) is 0 Å². The van der Waals surface area contributed by atoms with Gasteiger partial charge in [0, 0.05) is 6.04 Å². The van der Waals surface area contributed by atoms with Gasteiger partial charge in [0.15, 0.2) is 9.84 Å². The van der Waals surface area contributed by atoms with Crippen LogP contribution in [0, 0.1) is 0 Å². The number of sulfone groups is 1. The van der Waals surface area contributed by atoms with E-state index in [1.807, 2.05) is 0 Å². The Morgan fingerprint density at radius 3 is 2.45 bits per heavy atom. The van der Waals surface area contributed by atoms with E-state index in [0.717, 1.165) is 0 Å². The Kier molecular flexibility index (Phi) is 1.92. The van der Waals surface area contributed by atoms with Crippen molar-refractivity contribution in [1.82, 2.24) is 5.32 Å². The molecule has 0 aromatic heterocycles. The highest BCUT2D eigenvalue weighted by Crippen LogP contribution is 2.11. The predicted octanol–water partition coefficient (Wildman–Crippen LogP) is -0.692. The Labute approximate surface area is 65.9 Å². The highest BCUT2D eigenvalue weighted by Gasteiger charge is 2.34. The van der Waals surface area contributed by atoms with Crippen LogP contribution in [0.1, 0.15) is 13.8 Å². The third-order valence-corrected chi connectivity index (χ3v) is 4.20. The molecular formula is C6H11NO3S. The summed E-state index contributed by atoms with van der Waals surface area (Å²) in [5, 5.41) is 2.11. The topological polar surface area (TPSA) is 63.2 Å². The largest absolute Gasteiger partial charge is 0.351 e. The van der Waals surface area contributed by atoms with E-state index >= 15 is 0 Å². The first kappa shape index (κ1) is 8.52. The third-order valence-electron chi connectivity index (χ3n) is 1.99. The van der Waals surface area contributed by atoms with Gasteiger partial charge in [-0.15, -0.1) is 0 Å². The quantitative estimate of drug-likeness (QED) is 0.532. The van der Waals surface area contributed by atoms with Gasteiger partial charge in [-0.2, -0.15) is 0 Å². The number of amides is 1. The molecule has 0 saturated carbocycles. The molecule has 0 radical (unpaired) electrons. The molecule has 0 aromatic carbocycles. The molecule has 1 fully saturated rings. The monoisotopic (exact) mass is 177 g/mol. The average molecular weight is 177 g/mol. The number of carbonyl (C=O) groups is 1. The summed E-state index contributed by atoms with van der Waals surface area (Å²) >= 11 is 0. The van der Waals surface area contributed by atoms with Crippen molar-refractivity contribution in [3.05, 3.63) is 0 Å². The van der Waals surface area contributed by atoms with Crippen molar-refractivity contribution in [2.75, 3.05) is 5.75 Å². The molecule has 0 bridgehead atoms. The van der Waals surface area contributed by atoms with E-state index < -0.39 is 21.0 Å². The van der Waals surface area contributed by atoms with Crippen molar-refractivity contribution in [1.29, 1.82) is 0 Å². The van der Waals surface area contributed by atoms with Crippen molar-refractivity contribution in [3.8, 4) is 0 Å². The van der Waals surface area contributed by atoms with Crippen molar-refractivity contribution in [2.24, 2.45) is 0 Å². The molecule has 1 heterocycles. The molecule has 0 aromatic rings. The molecule has 64 valence electrons. The Morgan fingerprint density at radius 2 is 2.00 bits per heavy atom. The minimum Gasteiger partial charge on any atom is -0.351 e. The molecule has 1 rings (SSSR count). The predicted molar refractivity (Wildman–Crippen MR) is 40.9 cm³/mol. The van der Waals surface area contributed by atoms with Gasteiger partial charge in [0.1, 0.15) is 5.75 Å². The van der Waals surface area contributed by atoms with E-state index in [-0.39, 0.29) is 11.8 Å². The van der Waals surface area contributed by atoms with Crippen molar-refractivity contribution in [3.63, 3.8) is 0 Å². The lowest BCUT2D eigenvalue weighted by molar-refractivity contribution is -0.119. The molecule has 1 aliphatic rings. The standard InChI is InChI=1S/C6H11NO3S/c1-4-5(2)11(9,10)3-6(8)7-4/h4-5H,3H2,1-2H3,(H,7,8). The molecule has 2 unspecified atom stereocenters. The zero-order valence-electron chi connectivity index (χ0n) is 6.49. The number of hydrogen-bond donors (Lipinski definition) is 1. The van der Waals surface area contributed by atoms with E-state index in [4.69, 9.17) is 0 Å². The summed E-state index contributed by atoms with van der Waals surface area (Å²) in [6.45, 7) is 3.30. The maximum absolute atomic E-state index is 11.1. The highest BCUT2D eigenvalue weighted by atomic mass is 32.2. The summed E-state index contributed by atoms with van der Waals surface area (Å²) in [6, 6.07) is -0.263. The lowest BCUT2D eigenvalue weighted by Crippen LogP contribution is -2.52. The fourth-order valence-electron chi connectivity index (χ4n) is 1.04. The van der Waals surface area contributed by atoms with Gasteiger partial charge in [-0.05, 0) is 13.8 Å². The molecule has 5 heteroatoms. The van der Waals surface area contributed by atoms with Gasteiger partial charge in [0.05, 0.1) is 5.25 Å². The van der Waals surface area contributed by atoms with E-state index in [1.54, 1.807) is 13.8 Å². The summed E-state index contributed by atoms with van der Waals surface area (Å²) in [7, 11) is -3.17. The van der Waals surface area contributed by atoms with Crippen LogP contribution in [-0.2, 0) is 14.6 Å². The summed E-state index contributed by atoms with van der Waals surface area (Å²) < 4.78 is 22.3. The number of nitrogens with one attached hydrogen (secondary N) is 1. The lowest BCUT2D eigenvalue weighted by atomic mass is 10.2. The first-order valence-electron chi connectivity index (χ1n) is 3.44. The molecular weight excluding hydrogens is 166 g/mol. The molecule has 11 heavy (non-hydrogen) atoms. The van der Waals surface area contributed by atoms with Crippen LogP contribution >= 0.6 is 0 Å². The Morgan fingerprint density at radius 1 is 1.45 bits per heavy atom. The zero-order chi connectivity index (χ0) is 8.65. The molecule has 1 saturated heterocycles. The SMILES string of the molecule is CC1NC(=O)CS(=O)(=O)C1C. The molecule has 0 aliphatic carbocycles. The minimum atomic E-state index is -3.17. The Balaban J connectivity index is 2.93. The Bertz CT molecular complexity index is 270. The van der Waals surface area contributed by atoms with E-state index in [2.05, 4.69) is 5.32 Å². The van der Waals surface area contributed by atoms with Crippen molar-refractivity contribution < 1.29 is 13.2 Å². The number of rotatable bonds is 0. The van der Waals surface area contributed by atoms with Crippen LogP contribution in [0.5, 0.6) is 0 Å². The molecule has 1 aliphatic heterocycles. The van der Waals surface area contributed by atoms with E-state index in [1.165, 1.54) is 0 Å². The number of hydrogen-bond acceptors (Lipinski definition) is 3. The van der Waals surface area contributed by atoms with E-state index in [0.29, 0.717) is 0 Å². The first-order chi connectivity index (χ1) is 4.93. The van der Waals surface area contributed by atoms with Gasteiger partial charge in [0.2, 0.25) is 5.91 Å². The zero-order valence-corrected chi connectivity index (χ0v) is 7.31. The maximum Gasteiger partial charge on any atom is 0.235 e. The van der Waals surface area contributed by atoms with Gasteiger partial charge >= 0.3 is 0 Å². The molecule has 4 nitrogen and oxygen atoms in total. The third kappa shape index (κ3) is 1.53. The van der Waals surface area contributed by atoms with Crippen LogP contribution in [0.2, 0.25) is 0 Å². The van der Waals surface area contributed by atoms with Gasteiger partial charge in [-0.3, -0.25) is 4.79 Å². The van der Waals surface area contributed by atoms with Gasteiger partial charge < -0.3 is 5.32 Å².